The lowest BCUT2D eigenvalue weighted by Crippen LogP contribution is -2.33. The molecule has 2 heterocycles. The first kappa shape index (κ1) is 19.1. The average molecular weight is 380 g/mol. The normalized spacial score (nSPS) is 12.2. The fourth-order valence-corrected chi connectivity index (χ4v) is 2.81. The van der Waals surface area contributed by atoms with Gasteiger partial charge in [0.05, 0.1) is 6.20 Å². The van der Waals surface area contributed by atoms with Gasteiger partial charge in [0.15, 0.2) is 0 Å². The van der Waals surface area contributed by atoms with Crippen LogP contribution in [0.1, 0.15) is 16.7 Å². The maximum absolute atomic E-state index is 6.22. The number of rotatable bonds is 8. The molecule has 1 atom stereocenters. The standard InChI is InChI=1S/C22H22ClN3O/c1-24-20(13-18-5-3-2-4-6-18)16-27-21-14-19(22(23)26-15-21)8-7-17-9-11-25-12-10-17/h2-12,14-15,20,24H,13,16H2,1H3/b8-7+/t20-/m0/s1. The van der Waals surface area contributed by atoms with Gasteiger partial charge in [-0.2, -0.15) is 0 Å². The Hall–Kier alpha value is -2.69. The first-order valence-electron chi connectivity index (χ1n) is 8.82. The van der Waals surface area contributed by atoms with E-state index in [1.54, 1.807) is 18.6 Å². The van der Waals surface area contributed by atoms with Gasteiger partial charge < -0.3 is 10.1 Å². The number of halogens is 1. The Bertz CT molecular complexity index is 869. The number of likely N-dealkylation sites (N-methyl/N-ethyl adjacent to an activating group) is 1. The molecule has 0 aliphatic rings. The van der Waals surface area contributed by atoms with E-state index in [0.29, 0.717) is 17.5 Å². The molecule has 0 unspecified atom stereocenters. The first-order chi connectivity index (χ1) is 13.2. The summed E-state index contributed by atoms with van der Waals surface area (Å²) in [5.41, 5.74) is 3.14. The van der Waals surface area contributed by atoms with Gasteiger partial charge in [0.1, 0.15) is 17.5 Å². The van der Waals surface area contributed by atoms with Crippen molar-refractivity contribution >= 4 is 23.8 Å². The zero-order chi connectivity index (χ0) is 18.9. The van der Waals surface area contributed by atoms with Crippen LogP contribution in [0.2, 0.25) is 5.15 Å². The number of nitrogens with one attached hydrogen (secondary N) is 1. The number of hydrogen-bond donors (Lipinski definition) is 1. The molecule has 0 spiro atoms. The molecule has 0 radical (unpaired) electrons. The van der Waals surface area contributed by atoms with E-state index in [9.17, 15) is 0 Å². The molecule has 0 fully saturated rings. The van der Waals surface area contributed by atoms with Crippen molar-refractivity contribution < 1.29 is 4.74 Å². The molecular weight excluding hydrogens is 358 g/mol. The smallest absolute Gasteiger partial charge is 0.138 e. The molecule has 3 rings (SSSR count). The van der Waals surface area contributed by atoms with Gasteiger partial charge in [-0.15, -0.1) is 0 Å². The van der Waals surface area contributed by atoms with E-state index in [1.165, 1.54) is 5.56 Å². The lowest BCUT2D eigenvalue weighted by molar-refractivity contribution is 0.269. The van der Waals surface area contributed by atoms with Gasteiger partial charge >= 0.3 is 0 Å². The minimum Gasteiger partial charge on any atom is -0.490 e. The first-order valence-corrected chi connectivity index (χ1v) is 9.20. The van der Waals surface area contributed by atoms with Crippen molar-refractivity contribution in [1.29, 1.82) is 0 Å². The Labute approximate surface area is 164 Å². The molecular formula is C22H22ClN3O. The predicted molar refractivity (Wildman–Crippen MR) is 111 cm³/mol. The number of hydrogen-bond acceptors (Lipinski definition) is 4. The zero-order valence-electron chi connectivity index (χ0n) is 15.2. The van der Waals surface area contributed by atoms with Gasteiger partial charge in [0.25, 0.3) is 0 Å². The fraction of sp³-hybridized carbons (Fsp3) is 0.182. The minimum atomic E-state index is 0.207. The highest BCUT2D eigenvalue weighted by atomic mass is 35.5. The van der Waals surface area contributed by atoms with Crippen LogP contribution in [0.4, 0.5) is 0 Å². The maximum atomic E-state index is 6.22. The molecule has 0 saturated heterocycles. The van der Waals surface area contributed by atoms with Gasteiger partial charge in [-0.3, -0.25) is 4.98 Å². The molecule has 27 heavy (non-hydrogen) atoms. The molecule has 3 aromatic rings. The average Bonchev–Trinajstić information content (AvgIpc) is 2.72. The van der Waals surface area contributed by atoms with Crippen LogP contribution in [0.25, 0.3) is 12.2 Å². The Morgan fingerprint density at radius 3 is 2.63 bits per heavy atom. The van der Waals surface area contributed by atoms with Crippen molar-refractivity contribution in [1.82, 2.24) is 15.3 Å². The molecule has 1 N–H and O–H groups in total. The second-order valence-electron chi connectivity index (χ2n) is 6.15. The van der Waals surface area contributed by atoms with E-state index in [-0.39, 0.29) is 6.04 Å². The van der Waals surface area contributed by atoms with E-state index in [4.69, 9.17) is 16.3 Å². The van der Waals surface area contributed by atoms with Gasteiger partial charge in [-0.1, -0.05) is 54.1 Å². The van der Waals surface area contributed by atoms with Crippen molar-refractivity contribution in [2.75, 3.05) is 13.7 Å². The third kappa shape index (κ3) is 5.91. The molecule has 0 amide bonds. The van der Waals surface area contributed by atoms with Crippen LogP contribution in [0, 0.1) is 0 Å². The summed E-state index contributed by atoms with van der Waals surface area (Å²) < 4.78 is 5.95. The number of ether oxygens (including phenoxy) is 1. The van der Waals surface area contributed by atoms with Crippen molar-refractivity contribution in [3.05, 3.63) is 89.0 Å². The molecule has 4 nitrogen and oxygen atoms in total. The van der Waals surface area contributed by atoms with E-state index in [0.717, 1.165) is 17.5 Å². The Morgan fingerprint density at radius 2 is 1.89 bits per heavy atom. The van der Waals surface area contributed by atoms with Gasteiger partial charge in [0, 0.05) is 24.0 Å². The van der Waals surface area contributed by atoms with Gasteiger partial charge in [0.2, 0.25) is 0 Å². The van der Waals surface area contributed by atoms with Crippen LogP contribution in [-0.2, 0) is 6.42 Å². The highest BCUT2D eigenvalue weighted by molar-refractivity contribution is 6.31. The fourth-order valence-electron chi connectivity index (χ4n) is 2.64. The second kappa shape index (κ2) is 9.86. The van der Waals surface area contributed by atoms with Crippen molar-refractivity contribution in [2.24, 2.45) is 0 Å². The quantitative estimate of drug-likeness (QED) is 0.585. The van der Waals surface area contributed by atoms with Crippen LogP contribution in [0.3, 0.4) is 0 Å². The third-order valence-electron chi connectivity index (χ3n) is 4.19. The molecule has 0 bridgehead atoms. The summed E-state index contributed by atoms with van der Waals surface area (Å²) in [5, 5.41) is 3.75. The molecule has 0 aliphatic carbocycles. The second-order valence-corrected chi connectivity index (χ2v) is 6.51. The van der Waals surface area contributed by atoms with Crippen LogP contribution in [0.15, 0.2) is 67.1 Å². The monoisotopic (exact) mass is 379 g/mol. The summed E-state index contributed by atoms with van der Waals surface area (Å²) in [6.45, 7) is 0.544. The predicted octanol–water partition coefficient (Wildman–Crippen LogP) is 4.51. The van der Waals surface area contributed by atoms with E-state index >= 15 is 0 Å². The highest BCUT2D eigenvalue weighted by Gasteiger charge is 2.09. The molecule has 0 aliphatic heterocycles. The van der Waals surface area contributed by atoms with Crippen LogP contribution in [-0.4, -0.2) is 29.7 Å². The third-order valence-corrected chi connectivity index (χ3v) is 4.50. The van der Waals surface area contributed by atoms with Gasteiger partial charge in [-0.05, 0) is 42.8 Å². The summed E-state index contributed by atoms with van der Waals surface area (Å²) in [5.74, 6) is 0.696. The minimum absolute atomic E-state index is 0.207. The van der Waals surface area contributed by atoms with E-state index < -0.39 is 0 Å². The Balaban J connectivity index is 1.64. The SMILES string of the molecule is CN[C@H](COc1cnc(Cl)c(/C=C/c2ccncc2)c1)Cc1ccccc1. The van der Waals surface area contributed by atoms with Crippen molar-refractivity contribution in [2.45, 2.75) is 12.5 Å². The highest BCUT2D eigenvalue weighted by Crippen LogP contribution is 2.22. The van der Waals surface area contributed by atoms with Crippen LogP contribution >= 0.6 is 11.6 Å². The molecule has 0 saturated carbocycles. The van der Waals surface area contributed by atoms with Gasteiger partial charge in [-0.25, -0.2) is 4.98 Å². The molecule has 1 aromatic carbocycles. The summed E-state index contributed by atoms with van der Waals surface area (Å²) in [4.78, 5) is 8.25. The number of benzene rings is 1. The molecule has 2 aromatic heterocycles. The van der Waals surface area contributed by atoms with E-state index in [2.05, 4.69) is 27.4 Å². The van der Waals surface area contributed by atoms with Crippen molar-refractivity contribution in [3.8, 4) is 5.75 Å². The van der Waals surface area contributed by atoms with Crippen LogP contribution < -0.4 is 10.1 Å². The summed E-state index contributed by atoms with van der Waals surface area (Å²) in [6.07, 6.45) is 9.96. The van der Waals surface area contributed by atoms with Crippen molar-refractivity contribution in [3.63, 3.8) is 0 Å². The topological polar surface area (TPSA) is 47.0 Å². The summed E-state index contributed by atoms with van der Waals surface area (Å²) >= 11 is 6.22. The number of nitrogens with zero attached hydrogens (tertiary/aromatic N) is 2. The zero-order valence-corrected chi connectivity index (χ0v) is 15.9. The van der Waals surface area contributed by atoms with Crippen LogP contribution in [0.5, 0.6) is 5.75 Å². The maximum Gasteiger partial charge on any atom is 0.138 e. The number of aromatic nitrogens is 2. The number of pyridine rings is 2. The summed E-state index contributed by atoms with van der Waals surface area (Å²) in [6, 6.07) is 16.3. The largest absolute Gasteiger partial charge is 0.490 e. The van der Waals surface area contributed by atoms with E-state index in [1.807, 2.05) is 55.6 Å². The lowest BCUT2D eigenvalue weighted by Gasteiger charge is -2.17. The lowest BCUT2D eigenvalue weighted by atomic mass is 10.1. The molecule has 138 valence electrons. The summed E-state index contributed by atoms with van der Waals surface area (Å²) in [7, 11) is 1.94. The Kier molecular flexibility index (Phi) is 6.97. The Morgan fingerprint density at radius 1 is 1.11 bits per heavy atom. The molecule has 5 heteroatoms.